The molecule has 0 amide bonds. The van der Waals surface area contributed by atoms with Gasteiger partial charge in [0.05, 0.1) is 0 Å². The molecular formula is C10H15NO2S. The Balaban J connectivity index is 2.47. The van der Waals surface area contributed by atoms with E-state index in [1.807, 2.05) is 25.3 Å². The van der Waals surface area contributed by atoms with Crippen LogP contribution in [0.4, 0.5) is 0 Å². The Bertz CT molecular complexity index is 309. The first-order chi connectivity index (χ1) is 6.65. The van der Waals surface area contributed by atoms with Crippen molar-refractivity contribution in [3.63, 3.8) is 0 Å². The first kappa shape index (κ1) is 11.2. The molecule has 0 radical (unpaired) electrons. The van der Waals surface area contributed by atoms with Gasteiger partial charge >= 0.3 is 5.97 Å². The molecule has 1 atom stereocenters. The molecule has 2 N–H and O–H groups in total. The fourth-order valence-corrected chi connectivity index (χ4v) is 2.06. The topological polar surface area (TPSA) is 49.3 Å². The van der Waals surface area contributed by atoms with Crippen molar-refractivity contribution in [3.05, 3.63) is 21.9 Å². The van der Waals surface area contributed by atoms with Gasteiger partial charge in [0, 0.05) is 11.4 Å². The van der Waals surface area contributed by atoms with Gasteiger partial charge in [-0.15, -0.1) is 11.3 Å². The quantitative estimate of drug-likeness (QED) is 0.786. The van der Waals surface area contributed by atoms with Crippen molar-refractivity contribution in [2.45, 2.75) is 32.9 Å². The second kappa shape index (κ2) is 5.12. The van der Waals surface area contributed by atoms with Crippen LogP contribution in [0.15, 0.2) is 11.4 Å². The minimum absolute atomic E-state index is 0.434. The molecule has 1 aromatic heterocycles. The molecule has 0 aliphatic rings. The van der Waals surface area contributed by atoms with Gasteiger partial charge in [0.1, 0.15) is 6.04 Å². The Kier molecular flexibility index (Phi) is 4.10. The first-order valence-electron chi connectivity index (χ1n) is 4.64. The molecule has 0 saturated carbocycles. The van der Waals surface area contributed by atoms with Crippen molar-refractivity contribution < 1.29 is 9.90 Å². The van der Waals surface area contributed by atoms with Gasteiger partial charge in [-0.1, -0.05) is 6.92 Å². The van der Waals surface area contributed by atoms with Crippen LogP contribution in [-0.2, 0) is 11.3 Å². The van der Waals surface area contributed by atoms with Crippen LogP contribution < -0.4 is 5.32 Å². The third kappa shape index (κ3) is 2.82. The standard InChI is InChI=1S/C10H15NO2S/c1-3-8(10(12)13)11-6-9-7(2)4-5-14-9/h4-5,8,11H,3,6H2,1-2H3,(H,12,13). The average Bonchev–Trinajstić information content (AvgIpc) is 2.52. The zero-order chi connectivity index (χ0) is 10.6. The van der Waals surface area contributed by atoms with E-state index in [1.165, 1.54) is 10.4 Å². The second-order valence-electron chi connectivity index (χ2n) is 3.21. The highest BCUT2D eigenvalue weighted by Gasteiger charge is 2.14. The summed E-state index contributed by atoms with van der Waals surface area (Å²) >= 11 is 1.66. The van der Waals surface area contributed by atoms with Crippen molar-refractivity contribution in [2.75, 3.05) is 0 Å². The summed E-state index contributed by atoms with van der Waals surface area (Å²) in [5.41, 5.74) is 1.22. The summed E-state index contributed by atoms with van der Waals surface area (Å²) in [5, 5.41) is 13.9. The Morgan fingerprint density at radius 3 is 2.86 bits per heavy atom. The Morgan fingerprint density at radius 1 is 1.71 bits per heavy atom. The number of hydrogen-bond donors (Lipinski definition) is 2. The van der Waals surface area contributed by atoms with Crippen molar-refractivity contribution in [1.82, 2.24) is 5.32 Å². The van der Waals surface area contributed by atoms with Gasteiger partial charge in [0.25, 0.3) is 0 Å². The third-order valence-electron chi connectivity index (χ3n) is 2.18. The van der Waals surface area contributed by atoms with Gasteiger partial charge in [-0.05, 0) is 30.4 Å². The van der Waals surface area contributed by atoms with E-state index in [1.54, 1.807) is 11.3 Å². The molecule has 1 unspecified atom stereocenters. The Labute approximate surface area is 87.8 Å². The lowest BCUT2D eigenvalue weighted by molar-refractivity contribution is -0.139. The van der Waals surface area contributed by atoms with Crippen LogP contribution >= 0.6 is 11.3 Å². The summed E-state index contributed by atoms with van der Waals surface area (Å²) in [6.07, 6.45) is 0.611. The van der Waals surface area contributed by atoms with Crippen LogP contribution in [-0.4, -0.2) is 17.1 Å². The van der Waals surface area contributed by atoms with Gasteiger partial charge in [-0.25, -0.2) is 0 Å². The fraction of sp³-hybridized carbons (Fsp3) is 0.500. The summed E-state index contributed by atoms with van der Waals surface area (Å²) in [5.74, 6) is -0.776. The molecule has 0 fully saturated rings. The summed E-state index contributed by atoms with van der Waals surface area (Å²) in [6, 6.07) is 1.61. The highest BCUT2D eigenvalue weighted by molar-refractivity contribution is 7.10. The van der Waals surface area contributed by atoms with Crippen LogP contribution in [0.5, 0.6) is 0 Å². The monoisotopic (exact) mass is 213 g/mol. The third-order valence-corrected chi connectivity index (χ3v) is 3.21. The van der Waals surface area contributed by atoms with Crippen molar-refractivity contribution in [2.24, 2.45) is 0 Å². The van der Waals surface area contributed by atoms with Crippen LogP contribution in [0, 0.1) is 6.92 Å². The molecule has 0 aliphatic heterocycles. The van der Waals surface area contributed by atoms with E-state index in [9.17, 15) is 4.79 Å². The number of aryl methyl sites for hydroxylation is 1. The first-order valence-corrected chi connectivity index (χ1v) is 5.52. The molecule has 78 valence electrons. The van der Waals surface area contributed by atoms with Gasteiger partial charge < -0.3 is 5.11 Å². The highest BCUT2D eigenvalue weighted by atomic mass is 32.1. The van der Waals surface area contributed by atoms with Crippen LogP contribution in [0.2, 0.25) is 0 Å². The molecule has 1 rings (SSSR count). The predicted molar refractivity (Wildman–Crippen MR) is 57.6 cm³/mol. The zero-order valence-electron chi connectivity index (χ0n) is 8.41. The summed E-state index contributed by atoms with van der Waals surface area (Å²) in [6.45, 7) is 4.55. The molecule has 3 nitrogen and oxygen atoms in total. The lowest BCUT2D eigenvalue weighted by Gasteiger charge is -2.11. The highest BCUT2D eigenvalue weighted by Crippen LogP contribution is 2.15. The lowest BCUT2D eigenvalue weighted by atomic mass is 10.2. The van der Waals surface area contributed by atoms with Crippen molar-refractivity contribution >= 4 is 17.3 Å². The molecule has 0 aliphatic carbocycles. The summed E-state index contributed by atoms with van der Waals surface area (Å²) in [4.78, 5) is 11.9. The molecule has 1 heterocycles. The number of rotatable bonds is 5. The van der Waals surface area contributed by atoms with Crippen molar-refractivity contribution in [1.29, 1.82) is 0 Å². The van der Waals surface area contributed by atoms with Gasteiger partial charge in [0.15, 0.2) is 0 Å². The fourth-order valence-electron chi connectivity index (χ4n) is 1.21. The normalized spacial score (nSPS) is 12.7. The van der Waals surface area contributed by atoms with Gasteiger partial charge in [-0.2, -0.15) is 0 Å². The molecule has 0 spiro atoms. The molecule has 4 heteroatoms. The molecule has 0 aromatic carbocycles. The number of hydrogen-bond acceptors (Lipinski definition) is 3. The molecule has 0 saturated heterocycles. The summed E-state index contributed by atoms with van der Waals surface area (Å²) in [7, 11) is 0. The van der Waals surface area contributed by atoms with E-state index >= 15 is 0 Å². The molecule has 0 bridgehead atoms. The second-order valence-corrected chi connectivity index (χ2v) is 4.21. The average molecular weight is 213 g/mol. The lowest BCUT2D eigenvalue weighted by Crippen LogP contribution is -2.35. The van der Waals surface area contributed by atoms with Crippen LogP contribution in [0.1, 0.15) is 23.8 Å². The molecular weight excluding hydrogens is 198 g/mol. The maximum Gasteiger partial charge on any atom is 0.320 e. The Morgan fingerprint density at radius 2 is 2.43 bits per heavy atom. The number of carbonyl (C=O) groups is 1. The van der Waals surface area contributed by atoms with E-state index in [0.717, 1.165) is 0 Å². The van der Waals surface area contributed by atoms with Gasteiger partial charge in [-0.3, -0.25) is 10.1 Å². The molecule has 14 heavy (non-hydrogen) atoms. The van der Waals surface area contributed by atoms with E-state index in [4.69, 9.17) is 5.11 Å². The summed E-state index contributed by atoms with van der Waals surface area (Å²) < 4.78 is 0. The van der Waals surface area contributed by atoms with Crippen LogP contribution in [0.3, 0.4) is 0 Å². The zero-order valence-corrected chi connectivity index (χ0v) is 9.23. The number of aliphatic carboxylic acids is 1. The maximum atomic E-state index is 10.7. The van der Waals surface area contributed by atoms with Crippen LogP contribution in [0.25, 0.3) is 0 Å². The molecule has 1 aromatic rings. The van der Waals surface area contributed by atoms with E-state index in [2.05, 4.69) is 5.32 Å². The van der Waals surface area contributed by atoms with E-state index < -0.39 is 12.0 Å². The van der Waals surface area contributed by atoms with Crippen molar-refractivity contribution in [3.8, 4) is 0 Å². The number of thiophene rings is 1. The predicted octanol–water partition coefficient (Wildman–Crippen LogP) is 2.01. The maximum absolute atomic E-state index is 10.7. The number of nitrogens with one attached hydrogen (secondary N) is 1. The number of carboxylic acids is 1. The minimum atomic E-state index is -0.776. The van der Waals surface area contributed by atoms with E-state index in [-0.39, 0.29) is 0 Å². The van der Waals surface area contributed by atoms with Gasteiger partial charge in [0.2, 0.25) is 0 Å². The SMILES string of the molecule is CCC(NCc1sccc1C)C(=O)O. The number of carboxylic acid groups (broad SMARTS) is 1. The minimum Gasteiger partial charge on any atom is -0.480 e. The Hall–Kier alpha value is -0.870. The smallest absolute Gasteiger partial charge is 0.320 e. The van der Waals surface area contributed by atoms with E-state index in [0.29, 0.717) is 13.0 Å². The largest absolute Gasteiger partial charge is 0.480 e.